The van der Waals surface area contributed by atoms with Gasteiger partial charge in [-0.05, 0) is 44.2 Å². The van der Waals surface area contributed by atoms with Gasteiger partial charge >= 0.3 is 35.5 Å². The number of para-hydroxylation sites is 1. The molecule has 1 aromatic carbocycles. The maximum atomic E-state index is 12.8. The van der Waals surface area contributed by atoms with E-state index in [4.69, 9.17) is 4.74 Å². The molecule has 0 bridgehead atoms. The van der Waals surface area contributed by atoms with E-state index in [2.05, 4.69) is 0 Å². The standard InChI is InChI=1S/C21H26O6.Na/c1-14(22)13-15(9-5-3-2-4-6-12-18(23)24)19-20(25)16-10-7-8-11-17(16)27-21(19)26;/h7-8,10-11,15,19H,2-6,9,12-13H2,1H3,(H,23,24);/q;+1/p-1. The number of rotatable bonds is 11. The van der Waals surface area contributed by atoms with Crippen LogP contribution in [0.1, 0.15) is 68.6 Å². The van der Waals surface area contributed by atoms with E-state index in [0.717, 1.165) is 25.7 Å². The summed E-state index contributed by atoms with van der Waals surface area (Å²) in [6.45, 7) is 1.46. The first-order valence-electron chi connectivity index (χ1n) is 9.44. The molecule has 0 N–H and O–H groups in total. The number of hydrogen-bond acceptors (Lipinski definition) is 6. The first kappa shape index (κ1) is 24.5. The molecule has 6 nitrogen and oxygen atoms in total. The summed E-state index contributed by atoms with van der Waals surface area (Å²) in [4.78, 5) is 47.3. The third-order valence-electron chi connectivity index (χ3n) is 4.88. The van der Waals surface area contributed by atoms with Crippen LogP contribution >= 0.6 is 0 Å². The fraction of sp³-hybridized carbons (Fsp3) is 0.524. The number of unbranched alkanes of at least 4 members (excludes halogenated alkanes) is 4. The van der Waals surface area contributed by atoms with Crippen molar-refractivity contribution in [3.8, 4) is 5.75 Å². The summed E-state index contributed by atoms with van der Waals surface area (Å²) in [6, 6.07) is 6.65. The Hall–Kier alpha value is -1.50. The van der Waals surface area contributed by atoms with Crippen LogP contribution in [-0.2, 0) is 14.4 Å². The van der Waals surface area contributed by atoms with Crippen LogP contribution in [0.3, 0.4) is 0 Å². The topological polar surface area (TPSA) is 101 Å². The molecule has 1 aliphatic heterocycles. The normalized spacial score (nSPS) is 16.5. The molecule has 146 valence electrons. The number of carbonyl (C=O) groups is 4. The number of fused-ring (bicyclic) bond motifs is 1. The maximum absolute atomic E-state index is 12.8. The Morgan fingerprint density at radius 1 is 1.07 bits per heavy atom. The molecule has 1 aromatic rings. The van der Waals surface area contributed by atoms with Gasteiger partial charge in [0.1, 0.15) is 17.5 Å². The maximum Gasteiger partial charge on any atom is 1.00 e. The second-order valence-electron chi connectivity index (χ2n) is 7.10. The molecule has 7 heteroatoms. The first-order valence-corrected chi connectivity index (χ1v) is 9.44. The smallest absolute Gasteiger partial charge is 0.550 e. The Labute approximate surface area is 187 Å². The number of aliphatic carboxylic acids is 1. The number of benzene rings is 1. The predicted octanol–water partition coefficient (Wildman–Crippen LogP) is -0.516. The van der Waals surface area contributed by atoms with E-state index >= 15 is 0 Å². The molecular formula is C21H25NaO6. The molecular weight excluding hydrogens is 371 g/mol. The Bertz CT molecular complexity index is 715. The second kappa shape index (κ2) is 12.1. The number of esters is 1. The van der Waals surface area contributed by atoms with Gasteiger partial charge < -0.3 is 19.4 Å². The number of carboxylic acids is 1. The van der Waals surface area contributed by atoms with E-state index in [1.807, 2.05) is 0 Å². The Balaban J connectivity index is 0.00000392. The van der Waals surface area contributed by atoms with E-state index in [1.165, 1.54) is 6.92 Å². The van der Waals surface area contributed by atoms with E-state index in [-0.39, 0.29) is 65.6 Å². The first-order chi connectivity index (χ1) is 12.9. The number of ketones is 2. The molecule has 0 saturated carbocycles. The zero-order chi connectivity index (χ0) is 19.8. The van der Waals surface area contributed by atoms with Crippen molar-refractivity contribution in [3.63, 3.8) is 0 Å². The summed E-state index contributed by atoms with van der Waals surface area (Å²) in [5, 5.41) is 10.4. The Morgan fingerprint density at radius 2 is 1.71 bits per heavy atom. The van der Waals surface area contributed by atoms with Crippen molar-refractivity contribution in [1.82, 2.24) is 0 Å². The summed E-state index contributed by atoms with van der Waals surface area (Å²) >= 11 is 0. The molecule has 2 unspecified atom stereocenters. The van der Waals surface area contributed by atoms with Gasteiger partial charge in [-0.2, -0.15) is 0 Å². The average molecular weight is 396 g/mol. The van der Waals surface area contributed by atoms with Crippen LogP contribution in [0, 0.1) is 11.8 Å². The zero-order valence-electron chi connectivity index (χ0n) is 16.6. The van der Waals surface area contributed by atoms with Crippen molar-refractivity contribution >= 4 is 23.5 Å². The van der Waals surface area contributed by atoms with Gasteiger partial charge in [-0.1, -0.05) is 37.8 Å². The van der Waals surface area contributed by atoms with E-state index in [0.29, 0.717) is 18.4 Å². The number of ether oxygens (including phenoxy) is 1. The molecule has 0 fully saturated rings. The van der Waals surface area contributed by atoms with Gasteiger partial charge in [0.05, 0.1) is 5.56 Å². The fourth-order valence-electron chi connectivity index (χ4n) is 3.57. The van der Waals surface area contributed by atoms with Gasteiger partial charge in [0.2, 0.25) is 0 Å². The van der Waals surface area contributed by atoms with Crippen LogP contribution in [0.15, 0.2) is 24.3 Å². The molecule has 0 amide bonds. The average Bonchev–Trinajstić information content (AvgIpc) is 2.60. The number of hydrogen-bond donors (Lipinski definition) is 0. The summed E-state index contributed by atoms with van der Waals surface area (Å²) in [7, 11) is 0. The van der Waals surface area contributed by atoms with Crippen molar-refractivity contribution in [2.45, 2.75) is 58.3 Å². The number of carboxylic acid groups (broad SMARTS) is 1. The van der Waals surface area contributed by atoms with E-state index in [9.17, 15) is 24.3 Å². The third-order valence-corrected chi connectivity index (χ3v) is 4.88. The predicted molar refractivity (Wildman–Crippen MR) is 96.0 cm³/mol. The van der Waals surface area contributed by atoms with Crippen LogP contribution in [0.4, 0.5) is 0 Å². The van der Waals surface area contributed by atoms with E-state index in [1.54, 1.807) is 24.3 Å². The summed E-state index contributed by atoms with van der Waals surface area (Å²) in [6.07, 6.45) is 4.68. The van der Waals surface area contributed by atoms with Crippen molar-refractivity contribution in [2.24, 2.45) is 11.8 Å². The van der Waals surface area contributed by atoms with Crippen molar-refractivity contribution in [3.05, 3.63) is 29.8 Å². The van der Waals surface area contributed by atoms with Crippen LogP contribution in [0.25, 0.3) is 0 Å². The van der Waals surface area contributed by atoms with Gasteiger partial charge in [0.25, 0.3) is 0 Å². The molecule has 2 atom stereocenters. The second-order valence-corrected chi connectivity index (χ2v) is 7.10. The summed E-state index contributed by atoms with van der Waals surface area (Å²) < 4.78 is 5.33. The van der Waals surface area contributed by atoms with Gasteiger partial charge in [-0.25, -0.2) is 0 Å². The van der Waals surface area contributed by atoms with Gasteiger partial charge in [0.15, 0.2) is 5.78 Å². The summed E-state index contributed by atoms with van der Waals surface area (Å²) in [5.41, 5.74) is 0.387. The fourth-order valence-corrected chi connectivity index (χ4v) is 3.57. The van der Waals surface area contributed by atoms with Gasteiger partial charge in [0, 0.05) is 12.4 Å². The number of Topliss-reactive ketones (excluding diaryl/α,β-unsaturated/α-hetero) is 2. The molecule has 2 rings (SSSR count). The van der Waals surface area contributed by atoms with Crippen molar-refractivity contribution < 1.29 is 58.6 Å². The van der Waals surface area contributed by atoms with Crippen LogP contribution in [0.5, 0.6) is 5.75 Å². The third kappa shape index (κ3) is 7.15. The van der Waals surface area contributed by atoms with Crippen LogP contribution in [0.2, 0.25) is 0 Å². The number of carbonyl (C=O) groups excluding carboxylic acids is 4. The molecule has 0 saturated heterocycles. The SMILES string of the molecule is CC(=O)CC(CCCCCCCC(=O)[O-])C1C(=O)Oc2ccccc2C1=O.[Na+]. The Morgan fingerprint density at radius 3 is 2.39 bits per heavy atom. The molecule has 0 aliphatic carbocycles. The molecule has 0 spiro atoms. The van der Waals surface area contributed by atoms with Gasteiger partial charge in [-0.3, -0.25) is 9.59 Å². The van der Waals surface area contributed by atoms with Crippen LogP contribution in [-0.4, -0.2) is 23.5 Å². The largest absolute Gasteiger partial charge is 1.00 e. The molecule has 0 radical (unpaired) electrons. The monoisotopic (exact) mass is 396 g/mol. The molecule has 28 heavy (non-hydrogen) atoms. The quantitative estimate of drug-likeness (QED) is 0.164. The van der Waals surface area contributed by atoms with Crippen molar-refractivity contribution in [2.75, 3.05) is 0 Å². The van der Waals surface area contributed by atoms with Crippen LogP contribution < -0.4 is 39.4 Å². The van der Waals surface area contributed by atoms with Crippen molar-refractivity contribution in [1.29, 1.82) is 0 Å². The zero-order valence-corrected chi connectivity index (χ0v) is 18.6. The minimum atomic E-state index is -1.04. The minimum absolute atomic E-state index is 0. The molecule has 0 aromatic heterocycles. The van der Waals surface area contributed by atoms with Gasteiger partial charge in [-0.15, -0.1) is 0 Å². The Kier molecular flexibility index (Phi) is 10.6. The molecule has 1 heterocycles. The minimum Gasteiger partial charge on any atom is -0.550 e. The summed E-state index contributed by atoms with van der Waals surface area (Å²) in [5.74, 6) is -3.00. The van der Waals surface area contributed by atoms with E-state index < -0.39 is 17.9 Å². The molecule has 1 aliphatic rings.